The lowest BCUT2D eigenvalue weighted by atomic mass is 9.99. The second kappa shape index (κ2) is 8.20. The molecule has 3 nitrogen and oxygen atoms in total. The molecule has 118 valence electrons. The van der Waals surface area contributed by atoms with Crippen molar-refractivity contribution in [2.75, 3.05) is 32.8 Å². The van der Waals surface area contributed by atoms with Crippen LogP contribution in [0.2, 0.25) is 0 Å². The zero-order chi connectivity index (χ0) is 15.2. The molecule has 3 unspecified atom stereocenters. The number of ether oxygens (including phenoxy) is 2. The Kier molecular flexibility index (Phi) is 6.58. The van der Waals surface area contributed by atoms with Crippen LogP contribution in [0.1, 0.15) is 24.9 Å². The summed E-state index contributed by atoms with van der Waals surface area (Å²) in [7, 11) is 5.46. The minimum absolute atomic E-state index is 0.300. The average Bonchev–Trinajstić information content (AvgIpc) is 2.56. The van der Waals surface area contributed by atoms with Crippen molar-refractivity contribution in [1.29, 1.82) is 0 Å². The minimum Gasteiger partial charge on any atom is -0.497 e. The molecule has 1 saturated heterocycles. The van der Waals surface area contributed by atoms with Gasteiger partial charge in [-0.15, -0.1) is 0 Å². The first-order valence-electron chi connectivity index (χ1n) is 7.37. The molecular weight excluding hydrogens is 302 g/mol. The molecule has 1 fully saturated rings. The molecule has 0 spiro atoms. The van der Waals surface area contributed by atoms with Gasteiger partial charge in [0.25, 0.3) is 0 Å². The molecule has 21 heavy (non-hydrogen) atoms. The molecule has 0 aliphatic carbocycles. The van der Waals surface area contributed by atoms with Crippen LogP contribution in [0.3, 0.4) is 0 Å². The Bertz CT molecular complexity index is 456. The number of hydrogen-bond donors (Lipinski definition) is 1. The summed E-state index contributed by atoms with van der Waals surface area (Å²) in [6.45, 7) is 2.29. The maximum absolute atomic E-state index is 5.59. The summed E-state index contributed by atoms with van der Waals surface area (Å²) in [6, 6.07) is 6.42. The predicted molar refractivity (Wildman–Crippen MR) is 94.1 cm³/mol. The molecular formula is C16H25NO2S2. The van der Waals surface area contributed by atoms with Crippen molar-refractivity contribution in [3.05, 3.63) is 23.8 Å². The van der Waals surface area contributed by atoms with Gasteiger partial charge in [-0.05, 0) is 19.5 Å². The lowest BCUT2D eigenvalue weighted by molar-refractivity contribution is 0.384. The van der Waals surface area contributed by atoms with Crippen LogP contribution in [0.15, 0.2) is 18.2 Å². The van der Waals surface area contributed by atoms with Crippen LogP contribution in [0, 0.1) is 0 Å². The third kappa shape index (κ3) is 3.82. The van der Waals surface area contributed by atoms with Gasteiger partial charge in [-0.2, -0.15) is 23.5 Å². The summed E-state index contributed by atoms with van der Waals surface area (Å²) in [5, 5.41) is 4.77. The highest BCUT2D eigenvalue weighted by atomic mass is 32.2. The van der Waals surface area contributed by atoms with E-state index in [0.29, 0.717) is 16.5 Å². The van der Waals surface area contributed by atoms with Crippen LogP contribution < -0.4 is 14.8 Å². The highest BCUT2D eigenvalue weighted by Crippen LogP contribution is 2.42. The fraction of sp³-hybridized carbons (Fsp3) is 0.625. The first-order chi connectivity index (χ1) is 10.2. The number of methoxy groups -OCH3 is 2. The number of thioether (sulfide) groups is 2. The molecule has 1 aliphatic rings. The van der Waals surface area contributed by atoms with E-state index in [1.807, 2.05) is 19.2 Å². The first kappa shape index (κ1) is 16.8. The highest BCUT2D eigenvalue weighted by Gasteiger charge is 2.33. The smallest absolute Gasteiger partial charge is 0.127 e. The van der Waals surface area contributed by atoms with Gasteiger partial charge in [0.1, 0.15) is 11.5 Å². The fourth-order valence-electron chi connectivity index (χ4n) is 2.82. The van der Waals surface area contributed by atoms with Crippen LogP contribution >= 0.6 is 23.5 Å². The van der Waals surface area contributed by atoms with E-state index in [-0.39, 0.29) is 0 Å². The Labute approximate surface area is 136 Å². The van der Waals surface area contributed by atoms with Crippen molar-refractivity contribution in [1.82, 2.24) is 5.32 Å². The second-order valence-electron chi connectivity index (χ2n) is 5.03. The average molecular weight is 328 g/mol. The van der Waals surface area contributed by atoms with E-state index in [4.69, 9.17) is 9.47 Å². The number of rotatable bonds is 6. The van der Waals surface area contributed by atoms with E-state index in [2.05, 4.69) is 41.8 Å². The molecule has 1 aromatic carbocycles. The Morgan fingerprint density at radius 1 is 1.24 bits per heavy atom. The molecule has 2 rings (SSSR count). The van der Waals surface area contributed by atoms with Crippen molar-refractivity contribution >= 4 is 23.5 Å². The standard InChI is InChI=1S/C16H25NO2S2/c1-5-14-16(21-9-8-20-14)15(17-2)12-7-6-11(18-3)10-13(12)19-4/h6-7,10,14-17H,5,8-9H2,1-4H3. The molecule has 3 atom stereocenters. The minimum atomic E-state index is 0.300. The molecule has 1 heterocycles. The van der Waals surface area contributed by atoms with E-state index in [9.17, 15) is 0 Å². The van der Waals surface area contributed by atoms with Gasteiger partial charge in [0.2, 0.25) is 0 Å². The van der Waals surface area contributed by atoms with Crippen molar-refractivity contribution in [2.45, 2.75) is 29.9 Å². The van der Waals surface area contributed by atoms with Crippen molar-refractivity contribution in [2.24, 2.45) is 0 Å². The SMILES string of the molecule is CCC1SCCSC1C(NC)c1ccc(OC)cc1OC. The Hall–Kier alpha value is -0.520. The maximum atomic E-state index is 5.59. The highest BCUT2D eigenvalue weighted by molar-refractivity contribution is 8.07. The van der Waals surface area contributed by atoms with E-state index >= 15 is 0 Å². The largest absolute Gasteiger partial charge is 0.497 e. The van der Waals surface area contributed by atoms with E-state index in [1.54, 1.807) is 14.2 Å². The Morgan fingerprint density at radius 3 is 2.62 bits per heavy atom. The van der Waals surface area contributed by atoms with E-state index < -0.39 is 0 Å². The number of hydrogen-bond acceptors (Lipinski definition) is 5. The van der Waals surface area contributed by atoms with Gasteiger partial charge in [-0.3, -0.25) is 0 Å². The van der Waals surface area contributed by atoms with Crippen LogP contribution in [-0.2, 0) is 0 Å². The summed E-state index contributed by atoms with van der Waals surface area (Å²) in [5.74, 6) is 4.22. The molecule has 0 bridgehead atoms. The lowest BCUT2D eigenvalue weighted by Gasteiger charge is -2.36. The third-order valence-corrected chi connectivity index (χ3v) is 7.26. The normalized spacial score (nSPS) is 23.6. The number of benzene rings is 1. The monoisotopic (exact) mass is 327 g/mol. The zero-order valence-corrected chi connectivity index (χ0v) is 14.9. The first-order valence-corrected chi connectivity index (χ1v) is 9.47. The van der Waals surface area contributed by atoms with Crippen molar-refractivity contribution in [3.8, 4) is 11.5 Å². The van der Waals surface area contributed by atoms with Gasteiger partial charge in [0, 0.05) is 39.7 Å². The van der Waals surface area contributed by atoms with Crippen molar-refractivity contribution < 1.29 is 9.47 Å². The van der Waals surface area contributed by atoms with Gasteiger partial charge >= 0.3 is 0 Å². The summed E-state index contributed by atoms with van der Waals surface area (Å²) >= 11 is 4.19. The molecule has 1 aromatic rings. The maximum Gasteiger partial charge on any atom is 0.127 e. The van der Waals surface area contributed by atoms with Crippen LogP contribution in [0.25, 0.3) is 0 Å². The van der Waals surface area contributed by atoms with Crippen LogP contribution in [0.4, 0.5) is 0 Å². The van der Waals surface area contributed by atoms with Gasteiger partial charge in [0.05, 0.1) is 14.2 Å². The van der Waals surface area contributed by atoms with Gasteiger partial charge in [-0.25, -0.2) is 0 Å². The summed E-state index contributed by atoms with van der Waals surface area (Å²) in [4.78, 5) is 0. The van der Waals surface area contributed by atoms with E-state index in [0.717, 1.165) is 11.5 Å². The molecule has 1 N–H and O–H groups in total. The quantitative estimate of drug-likeness (QED) is 0.863. The predicted octanol–water partition coefficient (Wildman–Crippen LogP) is 3.59. The Morgan fingerprint density at radius 2 is 2.00 bits per heavy atom. The molecule has 0 amide bonds. The molecule has 1 aliphatic heterocycles. The third-order valence-electron chi connectivity index (χ3n) is 3.91. The lowest BCUT2D eigenvalue weighted by Crippen LogP contribution is -2.37. The van der Waals surface area contributed by atoms with Gasteiger partial charge in [-0.1, -0.05) is 13.0 Å². The molecule has 0 radical (unpaired) electrons. The van der Waals surface area contributed by atoms with Gasteiger partial charge < -0.3 is 14.8 Å². The molecule has 5 heteroatoms. The summed E-state index contributed by atoms with van der Waals surface area (Å²) < 4.78 is 10.9. The van der Waals surface area contributed by atoms with E-state index in [1.165, 1.54) is 23.5 Å². The van der Waals surface area contributed by atoms with Crippen LogP contribution in [0.5, 0.6) is 11.5 Å². The fourth-order valence-corrected chi connectivity index (χ4v) is 6.10. The Balaban J connectivity index is 2.31. The number of nitrogens with one attached hydrogen (secondary N) is 1. The van der Waals surface area contributed by atoms with Gasteiger partial charge in [0.15, 0.2) is 0 Å². The summed E-state index contributed by atoms with van der Waals surface area (Å²) in [5.41, 5.74) is 1.22. The molecule has 0 aromatic heterocycles. The summed E-state index contributed by atoms with van der Waals surface area (Å²) in [6.07, 6.45) is 1.21. The van der Waals surface area contributed by atoms with Crippen LogP contribution in [-0.4, -0.2) is 43.3 Å². The molecule has 0 saturated carbocycles. The second-order valence-corrected chi connectivity index (χ2v) is 7.66. The topological polar surface area (TPSA) is 30.5 Å². The zero-order valence-electron chi connectivity index (χ0n) is 13.2. The van der Waals surface area contributed by atoms with Crippen molar-refractivity contribution in [3.63, 3.8) is 0 Å².